The molecule has 3 heterocycles. The van der Waals surface area contributed by atoms with Gasteiger partial charge in [-0.3, -0.25) is 0 Å². The summed E-state index contributed by atoms with van der Waals surface area (Å²) in [6.45, 7) is 2.39. The zero-order chi connectivity index (χ0) is 16.8. The van der Waals surface area contributed by atoms with Crippen LogP contribution in [-0.2, 0) is 0 Å². The fourth-order valence-corrected chi connectivity index (χ4v) is 3.13. The lowest BCUT2D eigenvalue weighted by molar-refractivity contribution is 0.364. The monoisotopic (exact) mass is 329 g/mol. The lowest BCUT2D eigenvalue weighted by Gasteiger charge is -2.04. The molecule has 5 rings (SSSR count). The number of rotatable bonds is 2. The SMILES string of the molecule is Cc1nn(-c2ccccc2)c2c1/C(=N/c1nc3ccccc3[nH]1)CO2. The van der Waals surface area contributed by atoms with Crippen molar-refractivity contribution in [3.05, 3.63) is 65.9 Å². The van der Waals surface area contributed by atoms with Gasteiger partial charge in [0.15, 0.2) is 0 Å². The molecule has 1 aliphatic rings. The molecule has 0 radical (unpaired) electrons. The van der Waals surface area contributed by atoms with E-state index >= 15 is 0 Å². The zero-order valence-electron chi connectivity index (χ0n) is 13.6. The minimum atomic E-state index is 0.415. The first-order valence-corrected chi connectivity index (χ1v) is 8.10. The molecule has 1 aliphatic heterocycles. The van der Waals surface area contributed by atoms with Gasteiger partial charge in [-0.1, -0.05) is 30.3 Å². The summed E-state index contributed by atoms with van der Waals surface area (Å²) in [4.78, 5) is 12.4. The van der Waals surface area contributed by atoms with Crippen molar-refractivity contribution in [3.63, 3.8) is 0 Å². The number of H-pyrrole nitrogens is 1. The van der Waals surface area contributed by atoms with Crippen molar-refractivity contribution in [3.8, 4) is 11.6 Å². The maximum Gasteiger partial charge on any atom is 0.228 e. The number of fused-ring (bicyclic) bond motifs is 2. The molecule has 0 bridgehead atoms. The summed E-state index contributed by atoms with van der Waals surface area (Å²) >= 11 is 0. The Hall–Kier alpha value is -3.41. The summed E-state index contributed by atoms with van der Waals surface area (Å²) in [5, 5.41) is 4.62. The Morgan fingerprint density at radius 3 is 2.72 bits per heavy atom. The van der Waals surface area contributed by atoms with E-state index in [0.29, 0.717) is 12.6 Å². The van der Waals surface area contributed by atoms with E-state index in [-0.39, 0.29) is 0 Å². The Labute approximate surface area is 143 Å². The van der Waals surface area contributed by atoms with Gasteiger partial charge in [0.05, 0.1) is 33.7 Å². The van der Waals surface area contributed by atoms with E-state index in [1.807, 2.05) is 66.2 Å². The van der Waals surface area contributed by atoms with Gasteiger partial charge in [0.2, 0.25) is 11.8 Å². The summed E-state index contributed by atoms with van der Waals surface area (Å²) in [6, 6.07) is 17.8. The normalized spacial score (nSPS) is 14.8. The number of hydrogen-bond donors (Lipinski definition) is 1. The predicted molar refractivity (Wildman–Crippen MR) is 96.1 cm³/mol. The van der Waals surface area contributed by atoms with E-state index in [9.17, 15) is 0 Å². The average molecular weight is 329 g/mol. The summed E-state index contributed by atoms with van der Waals surface area (Å²) in [5.74, 6) is 1.32. The highest BCUT2D eigenvalue weighted by Gasteiger charge is 2.29. The number of nitrogens with one attached hydrogen (secondary N) is 1. The highest BCUT2D eigenvalue weighted by Crippen LogP contribution is 2.32. The average Bonchev–Trinajstić information content (AvgIpc) is 3.31. The van der Waals surface area contributed by atoms with E-state index in [4.69, 9.17) is 4.74 Å². The van der Waals surface area contributed by atoms with Gasteiger partial charge in [-0.15, -0.1) is 0 Å². The first kappa shape index (κ1) is 14.0. The molecule has 6 nitrogen and oxygen atoms in total. The second-order valence-electron chi connectivity index (χ2n) is 5.94. The third kappa shape index (κ3) is 2.22. The Morgan fingerprint density at radius 2 is 1.88 bits per heavy atom. The molecular weight excluding hydrogens is 314 g/mol. The first-order valence-electron chi connectivity index (χ1n) is 8.10. The molecule has 0 atom stereocenters. The summed E-state index contributed by atoms with van der Waals surface area (Å²) in [5.41, 5.74) is 5.52. The van der Waals surface area contributed by atoms with Crippen LogP contribution in [0, 0.1) is 6.92 Å². The molecule has 2 aromatic heterocycles. The van der Waals surface area contributed by atoms with Crippen molar-refractivity contribution in [2.45, 2.75) is 6.92 Å². The van der Waals surface area contributed by atoms with E-state index in [1.54, 1.807) is 0 Å². The van der Waals surface area contributed by atoms with Crippen LogP contribution in [0.4, 0.5) is 5.95 Å². The molecular formula is C19H15N5O. The van der Waals surface area contributed by atoms with Crippen LogP contribution in [0.3, 0.4) is 0 Å². The molecule has 0 saturated carbocycles. The lowest BCUT2D eigenvalue weighted by Crippen LogP contribution is -2.06. The largest absolute Gasteiger partial charge is 0.471 e. The zero-order valence-corrected chi connectivity index (χ0v) is 13.6. The van der Waals surface area contributed by atoms with Gasteiger partial charge in [0, 0.05) is 0 Å². The topological polar surface area (TPSA) is 68.1 Å². The van der Waals surface area contributed by atoms with Crippen LogP contribution in [0.15, 0.2) is 59.6 Å². The molecule has 122 valence electrons. The maximum atomic E-state index is 5.89. The van der Waals surface area contributed by atoms with Gasteiger partial charge >= 0.3 is 0 Å². The number of aromatic amines is 1. The summed E-state index contributed by atoms with van der Waals surface area (Å²) in [7, 11) is 0. The highest BCUT2D eigenvalue weighted by molar-refractivity contribution is 6.08. The number of para-hydroxylation sites is 3. The van der Waals surface area contributed by atoms with Crippen LogP contribution in [0.1, 0.15) is 11.3 Å². The number of aryl methyl sites for hydroxylation is 1. The van der Waals surface area contributed by atoms with Crippen LogP contribution >= 0.6 is 0 Å². The molecule has 0 spiro atoms. The smallest absolute Gasteiger partial charge is 0.228 e. The second-order valence-corrected chi connectivity index (χ2v) is 5.94. The van der Waals surface area contributed by atoms with Crippen LogP contribution < -0.4 is 4.74 Å². The van der Waals surface area contributed by atoms with E-state index < -0.39 is 0 Å². The van der Waals surface area contributed by atoms with Gasteiger partial charge in [-0.2, -0.15) is 5.10 Å². The van der Waals surface area contributed by atoms with Gasteiger partial charge in [-0.25, -0.2) is 14.7 Å². The minimum Gasteiger partial charge on any atom is -0.471 e. The maximum absolute atomic E-state index is 5.89. The van der Waals surface area contributed by atoms with Crippen molar-refractivity contribution in [2.24, 2.45) is 4.99 Å². The number of benzene rings is 2. The third-order valence-electron chi connectivity index (χ3n) is 4.27. The molecule has 0 saturated heterocycles. The Kier molecular flexibility index (Phi) is 2.97. The molecule has 1 N–H and O–H groups in total. The van der Waals surface area contributed by atoms with Crippen molar-refractivity contribution in [2.75, 3.05) is 6.61 Å². The van der Waals surface area contributed by atoms with Crippen molar-refractivity contribution in [1.82, 2.24) is 19.7 Å². The van der Waals surface area contributed by atoms with E-state index in [2.05, 4.69) is 20.1 Å². The molecule has 0 amide bonds. The summed E-state index contributed by atoms with van der Waals surface area (Å²) in [6.07, 6.45) is 0. The van der Waals surface area contributed by atoms with Crippen LogP contribution in [-0.4, -0.2) is 32.1 Å². The van der Waals surface area contributed by atoms with Crippen molar-refractivity contribution < 1.29 is 4.74 Å². The lowest BCUT2D eigenvalue weighted by atomic mass is 10.2. The van der Waals surface area contributed by atoms with Gasteiger partial charge in [-0.05, 0) is 31.2 Å². The highest BCUT2D eigenvalue weighted by atomic mass is 16.5. The molecule has 25 heavy (non-hydrogen) atoms. The molecule has 0 fully saturated rings. The predicted octanol–water partition coefficient (Wildman–Crippen LogP) is 3.57. The van der Waals surface area contributed by atoms with E-state index in [0.717, 1.165) is 39.6 Å². The number of ether oxygens (including phenoxy) is 1. The quantitative estimate of drug-likeness (QED) is 0.611. The number of aliphatic imine (C=N–C) groups is 1. The van der Waals surface area contributed by atoms with Gasteiger partial charge in [0.1, 0.15) is 6.61 Å². The van der Waals surface area contributed by atoms with Crippen LogP contribution in [0.25, 0.3) is 16.7 Å². The number of nitrogens with zero attached hydrogens (tertiary/aromatic N) is 4. The fraction of sp³-hybridized carbons (Fsp3) is 0.105. The Bertz CT molecular complexity index is 1070. The number of imidazole rings is 1. The fourth-order valence-electron chi connectivity index (χ4n) is 3.13. The van der Waals surface area contributed by atoms with Crippen molar-refractivity contribution >= 4 is 22.7 Å². The third-order valence-corrected chi connectivity index (χ3v) is 4.27. The standard InChI is InChI=1S/C19H15N5O/c1-12-17-16(22-19-20-14-9-5-6-10-15(14)21-19)11-25-18(17)24(23-12)13-7-3-2-4-8-13/h2-10H,11H2,1H3,(H,20,21)/b22-16+. The first-order chi connectivity index (χ1) is 12.3. The molecule has 6 heteroatoms. The summed E-state index contributed by atoms with van der Waals surface area (Å²) < 4.78 is 7.72. The molecule has 0 unspecified atom stereocenters. The molecule has 4 aromatic rings. The van der Waals surface area contributed by atoms with Gasteiger partial charge in [0.25, 0.3) is 0 Å². The van der Waals surface area contributed by atoms with Gasteiger partial charge < -0.3 is 9.72 Å². The van der Waals surface area contributed by atoms with Crippen molar-refractivity contribution in [1.29, 1.82) is 0 Å². The Morgan fingerprint density at radius 1 is 1.08 bits per heavy atom. The number of hydrogen-bond acceptors (Lipinski definition) is 4. The van der Waals surface area contributed by atoms with Crippen LogP contribution in [0.2, 0.25) is 0 Å². The molecule has 0 aliphatic carbocycles. The minimum absolute atomic E-state index is 0.415. The molecule has 2 aromatic carbocycles. The Balaban J connectivity index is 1.60. The van der Waals surface area contributed by atoms with E-state index in [1.165, 1.54) is 0 Å². The van der Waals surface area contributed by atoms with Crippen LogP contribution in [0.5, 0.6) is 5.88 Å². The second kappa shape index (κ2) is 5.31. The number of aromatic nitrogens is 4.